The molecule has 0 aliphatic carbocycles. The number of amides is 1. The third-order valence-electron chi connectivity index (χ3n) is 4.45. The maximum atomic E-state index is 12.9. The standard InChI is InChI=1S/C17H20F3N5O/c1-11-21-14(17(18,19)20)10-15(22-11)25-8-5-12(6-9-25)23-16(26)13-4-3-7-24(13)2/h3-4,7,10,12H,5-6,8-9H2,1-2H3,(H,23,26). The van der Waals surface area contributed by atoms with Crippen LogP contribution < -0.4 is 10.2 Å². The van der Waals surface area contributed by atoms with Gasteiger partial charge >= 0.3 is 6.18 Å². The zero-order valence-electron chi connectivity index (χ0n) is 14.5. The number of hydrogen-bond donors (Lipinski definition) is 1. The summed E-state index contributed by atoms with van der Waals surface area (Å²) in [5.41, 5.74) is -0.354. The Bertz CT molecular complexity index is 794. The number of anilines is 1. The third kappa shape index (κ3) is 3.97. The summed E-state index contributed by atoms with van der Waals surface area (Å²) in [6.07, 6.45) is -1.42. The first-order valence-corrected chi connectivity index (χ1v) is 8.34. The molecule has 2 aromatic rings. The Kier molecular flexibility index (Phi) is 4.88. The summed E-state index contributed by atoms with van der Waals surface area (Å²) in [6, 6.07) is 4.51. The number of rotatable bonds is 3. The summed E-state index contributed by atoms with van der Waals surface area (Å²) < 4.78 is 40.5. The highest BCUT2D eigenvalue weighted by Gasteiger charge is 2.34. The van der Waals surface area contributed by atoms with Gasteiger partial charge in [-0.15, -0.1) is 0 Å². The molecule has 1 saturated heterocycles. The second kappa shape index (κ2) is 6.97. The lowest BCUT2D eigenvalue weighted by Gasteiger charge is -2.33. The van der Waals surface area contributed by atoms with Crippen LogP contribution in [0.1, 0.15) is 34.8 Å². The SMILES string of the molecule is Cc1nc(N2CCC(NC(=O)c3cccn3C)CC2)cc(C(F)(F)F)n1. The van der Waals surface area contributed by atoms with E-state index in [0.29, 0.717) is 31.6 Å². The van der Waals surface area contributed by atoms with Gasteiger partial charge in [0.05, 0.1) is 0 Å². The number of alkyl halides is 3. The molecule has 0 atom stereocenters. The van der Waals surface area contributed by atoms with Gasteiger partial charge in [-0.3, -0.25) is 4.79 Å². The minimum Gasteiger partial charge on any atom is -0.356 e. The molecule has 0 aromatic carbocycles. The van der Waals surface area contributed by atoms with Gasteiger partial charge in [0.2, 0.25) is 0 Å². The Morgan fingerprint density at radius 2 is 1.96 bits per heavy atom. The van der Waals surface area contributed by atoms with Gasteiger partial charge in [-0.05, 0) is 31.9 Å². The molecule has 0 saturated carbocycles. The highest BCUT2D eigenvalue weighted by atomic mass is 19.4. The minimum atomic E-state index is -4.50. The predicted molar refractivity (Wildman–Crippen MR) is 89.9 cm³/mol. The number of carbonyl (C=O) groups is 1. The van der Waals surface area contributed by atoms with Crippen molar-refractivity contribution in [3.05, 3.63) is 41.6 Å². The molecule has 140 valence electrons. The van der Waals surface area contributed by atoms with Crippen LogP contribution in [0.25, 0.3) is 0 Å². The van der Waals surface area contributed by atoms with Crippen LogP contribution in [0.4, 0.5) is 19.0 Å². The number of nitrogens with one attached hydrogen (secondary N) is 1. The molecule has 0 spiro atoms. The van der Waals surface area contributed by atoms with Crippen molar-refractivity contribution in [3.63, 3.8) is 0 Å². The van der Waals surface area contributed by atoms with Gasteiger partial charge in [-0.25, -0.2) is 9.97 Å². The normalized spacial score (nSPS) is 16.0. The monoisotopic (exact) mass is 367 g/mol. The number of piperidine rings is 1. The number of halogens is 3. The van der Waals surface area contributed by atoms with Crippen molar-refractivity contribution < 1.29 is 18.0 Å². The molecular weight excluding hydrogens is 347 g/mol. The molecular formula is C17H20F3N5O. The number of hydrogen-bond acceptors (Lipinski definition) is 4. The van der Waals surface area contributed by atoms with Crippen molar-refractivity contribution in [1.82, 2.24) is 19.9 Å². The van der Waals surface area contributed by atoms with E-state index in [1.807, 2.05) is 0 Å². The predicted octanol–water partition coefficient (Wildman–Crippen LogP) is 2.54. The molecule has 3 heterocycles. The Morgan fingerprint density at radius 3 is 2.54 bits per heavy atom. The van der Waals surface area contributed by atoms with E-state index in [2.05, 4.69) is 15.3 Å². The average molecular weight is 367 g/mol. The van der Waals surface area contributed by atoms with E-state index in [1.165, 1.54) is 6.92 Å². The smallest absolute Gasteiger partial charge is 0.356 e. The van der Waals surface area contributed by atoms with E-state index in [0.717, 1.165) is 6.07 Å². The molecule has 9 heteroatoms. The van der Waals surface area contributed by atoms with Crippen LogP contribution in [-0.2, 0) is 13.2 Å². The Labute approximate surface area is 149 Å². The van der Waals surface area contributed by atoms with Crippen LogP contribution in [-0.4, -0.2) is 39.6 Å². The maximum Gasteiger partial charge on any atom is 0.433 e. The third-order valence-corrected chi connectivity index (χ3v) is 4.45. The van der Waals surface area contributed by atoms with Crippen LogP contribution in [0.15, 0.2) is 24.4 Å². The van der Waals surface area contributed by atoms with Gasteiger partial charge in [0.15, 0.2) is 0 Å². The van der Waals surface area contributed by atoms with Gasteiger partial charge in [0.1, 0.15) is 23.0 Å². The van der Waals surface area contributed by atoms with Crippen molar-refractivity contribution in [1.29, 1.82) is 0 Å². The van der Waals surface area contributed by atoms with Gasteiger partial charge in [-0.2, -0.15) is 13.2 Å². The van der Waals surface area contributed by atoms with Gasteiger partial charge in [0.25, 0.3) is 5.91 Å². The van der Waals surface area contributed by atoms with E-state index in [4.69, 9.17) is 0 Å². The highest BCUT2D eigenvalue weighted by Crippen LogP contribution is 2.30. The molecule has 0 unspecified atom stereocenters. The van der Waals surface area contributed by atoms with Crippen molar-refractivity contribution in [2.45, 2.75) is 32.0 Å². The van der Waals surface area contributed by atoms with Crippen molar-refractivity contribution in [3.8, 4) is 0 Å². The van der Waals surface area contributed by atoms with Crippen LogP contribution in [0.2, 0.25) is 0 Å². The van der Waals surface area contributed by atoms with Crippen LogP contribution in [0, 0.1) is 6.92 Å². The van der Waals surface area contributed by atoms with Crippen molar-refractivity contribution in [2.24, 2.45) is 7.05 Å². The first-order valence-electron chi connectivity index (χ1n) is 8.34. The molecule has 6 nitrogen and oxygen atoms in total. The van der Waals surface area contributed by atoms with Crippen LogP contribution in [0.5, 0.6) is 0 Å². The minimum absolute atomic E-state index is 0.0151. The molecule has 3 rings (SSSR count). The number of carbonyl (C=O) groups excluding carboxylic acids is 1. The number of nitrogens with zero attached hydrogens (tertiary/aromatic N) is 4. The fourth-order valence-electron chi connectivity index (χ4n) is 3.07. The zero-order valence-corrected chi connectivity index (χ0v) is 14.5. The Balaban J connectivity index is 1.63. The summed E-state index contributed by atoms with van der Waals surface area (Å²) in [7, 11) is 1.80. The Hall–Kier alpha value is -2.58. The molecule has 26 heavy (non-hydrogen) atoms. The zero-order chi connectivity index (χ0) is 18.9. The van der Waals surface area contributed by atoms with Gasteiger partial charge in [0, 0.05) is 38.4 Å². The summed E-state index contributed by atoms with van der Waals surface area (Å²) in [4.78, 5) is 21.7. The van der Waals surface area contributed by atoms with Crippen LogP contribution in [0.3, 0.4) is 0 Å². The molecule has 1 aliphatic heterocycles. The van der Waals surface area contributed by atoms with E-state index >= 15 is 0 Å². The fourth-order valence-corrected chi connectivity index (χ4v) is 3.07. The van der Waals surface area contributed by atoms with Gasteiger partial charge < -0.3 is 14.8 Å². The van der Waals surface area contributed by atoms with Crippen molar-refractivity contribution in [2.75, 3.05) is 18.0 Å². The maximum absolute atomic E-state index is 12.9. The lowest BCUT2D eigenvalue weighted by molar-refractivity contribution is -0.141. The highest BCUT2D eigenvalue weighted by molar-refractivity contribution is 5.92. The molecule has 1 amide bonds. The summed E-state index contributed by atoms with van der Waals surface area (Å²) in [6.45, 7) is 2.49. The molecule has 0 bridgehead atoms. The van der Waals surface area contributed by atoms with E-state index in [-0.39, 0.29) is 23.6 Å². The lowest BCUT2D eigenvalue weighted by atomic mass is 10.0. The summed E-state index contributed by atoms with van der Waals surface area (Å²) >= 11 is 0. The molecule has 2 aromatic heterocycles. The van der Waals surface area contributed by atoms with E-state index in [1.54, 1.807) is 34.8 Å². The molecule has 1 aliphatic rings. The average Bonchev–Trinajstić information content (AvgIpc) is 3.00. The van der Waals surface area contributed by atoms with Gasteiger partial charge in [-0.1, -0.05) is 0 Å². The van der Waals surface area contributed by atoms with E-state index in [9.17, 15) is 18.0 Å². The first kappa shape index (κ1) is 18.2. The molecule has 1 fully saturated rings. The van der Waals surface area contributed by atoms with E-state index < -0.39 is 11.9 Å². The molecule has 0 radical (unpaired) electrons. The quantitative estimate of drug-likeness (QED) is 0.906. The molecule has 1 N–H and O–H groups in total. The fraction of sp³-hybridized carbons (Fsp3) is 0.471. The largest absolute Gasteiger partial charge is 0.433 e. The summed E-state index contributed by atoms with van der Waals surface area (Å²) in [5, 5.41) is 2.98. The second-order valence-electron chi connectivity index (χ2n) is 6.40. The summed E-state index contributed by atoms with van der Waals surface area (Å²) in [5.74, 6) is 0.221. The number of aromatic nitrogens is 3. The topological polar surface area (TPSA) is 63.1 Å². The second-order valence-corrected chi connectivity index (χ2v) is 6.40. The first-order chi connectivity index (χ1) is 12.2. The Morgan fingerprint density at radius 1 is 1.27 bits per heavy atom. The van der Waals surface area contributed by atoms with Crippen LogP contribution >= 0.6 is 0 Å². The number of aryl methyl sites for hydroxylation is 2. The lowest BCUT2D eigenvalue weighted by Crippen LogP contribution is -2.45. The van der Waals surface area contributed by atoms with Crippen molar-refractivity contribution >= 4 is 11.7 Å².